The highest BCUT2D eigenvalue weighted by Gasteiger charge is 2.44. The summed E-state index contributed by atoms with van der Waals surface area (Å²) >= 11 is 0. The second-order valence-corrected chi connectivity index (χ2v) is 16.5. The van der Waals surface area contributed by atoms with E-state index in [0.29, 0.717) is 49.2 Å². The number of benzene rings is 4. The standard InChI is InChI=1S/C42H47N3O6.C7H13N.CH2O2/c1-43-39(30-10-3-2-4-11-30)31-12-9-13-33(26-31)51-28-29-14-16-32(17-15-29)42(22-5-6-23-42)41(49)50-25-8-7-24-44-27-37(47)34-18-20-36(46)40-35(34)19-21-38(48)45-40;1-4-8-5-2-7(1)3-6-8;2-1-3/h2-4,9-21,26,37,39,43-44,46-47H,5-8,22-25,27-28H2,1H3,(H,45,48);7H,1-6H2;1H,(H,2,3). The van der Waals surface area contributed by atoms with E-state index in [1.165, 1.54) is 56.6 Å². The number of unbranched alkanes of at least 4 members (excludes halogenated alkanes) is 1. The van der Waals surface area contributed by atoms with Gasteiger partial charge in [0, 0.05) is 18.0 Å². The van der Waals surface area contributed by atoms with E-state index in [1.807, 2.05) is 49.5 Å². The molecular weight excluding hydrogens is 785 g/mol. The Morgan fingerprint density at radius 2 is 1.60 bits per heavy atom. The van der Waals surface area contributed by atoms with Crippen LogP contribution < -0.4 is 20.9 Å². The van der Waals surface area contributed by atoms with Gasteiger partial charge in [0.25, 0.3) is 6.47 Å². The van der Waals surface area contributed by atoms with Gasteiger partial charge < -0.3 is 45.3 Å². The topological polar surface area (TPSA) is 173 Å². The number of nitrogens with zero attached hydrogens (tertiary/aromatic N) is 1. The van der Waals surface area contributed by atoms with Gasteiger partial charge in [0.15, 0.2) is 0 Å². The number of hydrogen-bond acceptors (Lipinski definition) is 10. The third-order valence-electron chi connectivity index (χ3n) is 12.5. The fourth-order valence-electron chi connectivity index (χ4n) is 9.05. The number of hydrogen-bond donors (Lipinski definition) is 6. The Labute approximate surface area is 364 Å². The van der Waals surface area contributed by atoms with E-state index in [1.54, 1.807) is 12.1 Å². The Kier molecular flexibility index (Phi) is 17.1. The number of carbonyl (C=O) groups is 2. The van der Waals surface area contributed by atoms with Crippen LogP contribution in [0.3, 0.4) is 0 Å². The maximum Gasteiger partial charge on any atom is 0.316 e. The molecule has 4 aliphatic rings. The Balaban J connectivity index is 0.000000506. The monoisotopic (exact) mass is 846 g/mol. The Hall–Kier alpha value is -5.53. The molecule has 2 unspecified atom stereocenters. The molecule has 62 heavy (non-hydrogen) atoms. The third kappa shape index (κ3) is 12.1. The Bertz CT molecular complexity index is 2190. The molecule has 12 nitrogen and oxygen atoms in total. The summed E-state index contributed by atoms with van der Waals surface area (Å²) < 4.78 is 12.1. The van der Waals surface area contributed by atoms with Crippen molar-refractivity contribution in [3.8, 4) is 11.5 Å². The van der Waals surface area contributed by atoms with Crippen LogP contribution in [0.4, 0.5) is 0 Å². The fourth-order valence-corrected chi connectivity index (χ4v) is 9.05. The number of carboxylic acid groups (broad SMARTS) is 1. The van der Waals surface area contributed by atoms with Crippen molar-refractivity contribution in [2.75, 3.05) is 46.4 Å². The number of aromatic amines is 1. The van der Waals surface area contributed by atoms with Crippen molar-refractivity contribution in [3.63, 3.8) is 0 Å². The molecule has 2 atom stereocenters. The first-order chi connectivity index (χ1) is 30.2. The molecule has 5 aromatic rings. The molecule has 1 aromatic heterocycles. The van der Waals surface area contributed by atoms with Crippen LogP contribution in [0.5, 0.6) is 11.5 Å². The van der Waals surface area contributed by atoms with Crippen molar-refractivity contribution in [2.45, 2.75) is 82.0 Å². The Morgan fingerprint density at radius 1 is 0.903 bits per heavy atom. The Morgan fingerprint density at radius 3 is 2.24 bits per heavy atom. The zero-order valence-electron chi connectivity index (χ0n) is 35.8. The van der Waals surface area contributed by atoms with Gasteiger partial charge in [0.2, 0.25) is 5.56 Å². The van der Waals surface area contributed by atoms with Gasteiger partial charge in [-0.2, -0.15) is 0 Å². The van der Waals surface area contributed by atoms with E-state index in [4.69, 9.17) is 19.4 Å². The largest absolute Gasteiger partial charge is 0.506 e. The van der Waals surface area contributed by atoms with Crippen molar-refractivity contribution in [3.05, 3.63) is 141 Å². The van der Waals surface area contributed by atoms with Gasteiger partial charge in [-0.05, 0) is 136 Å². The van der Waals surface area contributed by atoms with E-state index in [2.05, 4.69) is 56.9 Å². The highest BCUT2D eigenvalue weighted by atomic mass is 16.5. The number of piperidine rings is 3. The highest BCUT2D eigenvalue weighted by molar-refractivity contribution is 5.87. The van der Waals surface area contributed by atoms with Gasteiger partial charge in [0.05, 0.1) is 29.7 Å². The van der Waals surface area contributed by atoms with Gasteiger partial charge in [-0.15, -0.1) is 0 Å². The van der Waals surface area contributed by atoms with E-state index < -0.39 is 11.5 Å². The molecule has 0 radical (unpaired) electrons. The minimum atomic E-state index is -0.820. The summed E-state index contributed by atoms with van der Waals surface area (Å²) in [5.74, 6) is 1.72. The predicted molar refractivity (Wildman–Crippen MR) is 241 cm³/mol. The summed E-state index contributed by atoms with van der Waals surface area (Å²) in [5, 5.41) is 35.0. The average Bonchev–Trinajstić information content (AvgIpc) is 3.82. The van der Waals surface area contributed by atoms with Crippen molar-refractivity contribution < 1.29 is 34.4 Å². The molecule has 3 saturated heterocycles. The number of ether oxygens (including phenoxy) is 2. The summed E-state index contributed by atoms with van der Waals surface area (Å²) in [5.41, 5.74) is 4.35. The van der Waals surface area contributed by atoms with Crippen molar-refractivity contribution in [2.24, 2.45) is 5.92 Å². The third-order valence-corrected chi connectivity index (χ3v) is 12.5. The number of esters is 1. The maximum absolute atomic E-state index is 13.5. The number of fused-ring (bicyclic) bond motifs is 4. The SMILES string of the molecule is C1CN2CCC1CC2.CNC(c1ccccc1)c1cccc(OCc2ccc(C3(C(=O)OCCCCNCC(O)c4ccc(O)c5[nH]c(=O)ccc45)CCCC3)cc2)c1.O=CO. The molecule has 12 heteroatoms. The molecule has 4 heterocycles. The molecule has 2 bridgehead atoms. The van der Waals surface area contributed by atoms with Crippen LogP contribution in [0, 0.1) is 5.92 Å². The number of carbonyl (C=O) groups excluding carboxylic acids is 1. The van der Waals surface area contributed by atoms with Crippen LogP contribution in [0.25, 0.3) is 10.9 Å². The lowest BCUT2D eigenvalue weighted by Crippen LogP contribution is -2.41. The van der Waals surface area contributed by atoms with Crippen LogP contribution in [-0.4, -0.2) is 84.0 Å². The first-order valence-electron chi connectivity index (χ1n) is 22.0. The van der Waals surface area contributed by atoms with Crippen molar-refractivity contribution in [1.82, 2.24) is 20.5 Å². The lowest BCUT2D eigenvalue weighted by Gasteiger charge is -2.38. The number of aliphatic hydroxyl groups excluding tert-OH is 1. The molecule has 4 aromatic carbocycles. The number of aromatic nitrogens is 1. The summed E-state index contributed by atoms with van der Waals surface area (Å²) in [6.07, 6.45) is 8.66. The second-order valence-electron chi connectivity index (χ2n) is 16.5. The van der Waals surface area contributed by atoms with Crippen LogP contribution in [0.15, 0.2) is 108 Å². The number of aliphatic hydroxyl groups is 1. The number of phenolic OH excluding ortho intramolecular Hbond substituents is 1. The number of H-pyrrole nitrogens is 1. The number of pyridine rings is 1. The molecule has 9 rings (SSSR count). The summed E-state index contributed by atoms with van der Waals surface area (Å²) in [6.45, 7) is 5.64. The van der Waals surface area contributed by atoms with Gasteiger partial charge >= 0.3 is 5.97 Å². The zero-order chi connectivity index (χ0) is 43.7. The predicted octanol–water partition coefficient (Wildman–Crippen LogP) is 7.38. The molecule has 0 amide bonds. The smallest absolute Gasteiger partial charge is 0.316 e. The molecule has 3 aliphatic heterocycles. The normalized spacial score (nSPS) is 18.4. The van der Waals surface area contributed by atoms with Crippen LogP contribution >= 0.6 is 0 Å². The number of phenols is 1. The van der Waals surface area contributed by atoms with E-state index in [-0.39, 0.29) is 29.8 Å². The van der Waals surface area contributed by atoms with Gasteiger partial charge in [0.1, 0.15) is 18.1 Å². The molecular formula is C50H62N4O8. The van der Waals surface area contributed by atoms with Crippen LogP contribution in [0.1, 0.15) is 97.8 Å². The van der Waals surface area contributed by atoms with Crippen molar-refractivity contribution >= 4 is 23.3 Å². The first-order valence-corrected chi connectivity index (χ1v) is 22.0. The fraction of sp³-hybridized carbons (Fsp3) is 0.420. The second kappa shape index (κ2) is 23.1. The van der Waals surface area contributed by atoms with E-state index in [9.17, 15) is 19.8 Å². The summed E-state index contributed by atoms with van der Waals surface area (Å²) in [6, 6.07) is 32.9. The number of aromatic hydroxyl groups is 1. The molecule has 1 saturated carbocycles. The molecule has 0 spiro atoms. The van der Waals surface area contributed by atoms with Gasteiger partial charge in [-0.1, -0.05) is 85.6 Å². The van der Waals surface area contributed by atoms with Crippen LogP contribution in [-0.2, 0) is 26.3 Å². The molecule has 6 N–H and O–H groups in total. The minimum absolute atomic E-state index is 0.0391. The van der Waals surface area contributed by atoms with Gasteiger partial charge in [-0.3, -0.25) is 14.4 Å². The molecule has 4 fully saturated rings. The van der Waals surface area contributed by atoms with E-state index in [0.717, 1.165) is 60.5 Å². The maximum atomic E-state index is 13.5. The minimum Gasteiger partial charge on any atom is -0.506 e. The number of nitrogens with one attached hydrogen (secondary N) is 3. The summed E-state index contributed by atoms with van der Waals surface area (Å²) in [7, 11) is 1.96. The number of rotatable bonds is 16. The van der Waals surface area contributed by atoms with Crippen molar-refractivity contribution in [1.29, 1.82) is 0 Å². The van der Waals surface area contributed by atoms with Crippen LogP contribution in [0.2, 0.25) is 0 Å². The average molecular weight is 847 g/mol. The van der Waals surface area contributed by atoms with E-state index >= 15 is 0 Å². The molecule has 1 aliphatic carbocycles. The lowest BCUT2D eigenvalue weighted by atomic mass is 9.78. The lowest BCUT2D eigenvalue weighted by molar-refractivity contribution is -0.150. The highest BCUT2D eigenvalue weighted by Crippen LogP contribution is 2.42. The summed E-state index contributed by atoms with van der Waals surface area (Å²) in [4.78, 5) is 38.8. The zero-order valence-corrected chi connectivity index (χ0v) is 35.8. The first kappa shape index (κ1) is 46.0. The molecule has 330 valence electrons. The van der Waals surface area contributed by atoms with Gasteiger partial charge in [-0.25, -0.2) is 0 Å². The quantitative estimate of drug-likeness (QED) is 0.0332.